The van der Waals surface area contributed by atoms with Crippen LogP contribution in [0.25, 0.3) is 0 Å². The van der Waals surface area contributed by atoms with E-state index < -0.39 is 6.04 Å². The molecule has 0 spiro atoms. The number of hydrazine groups is 1. The van der Waals surface area contributed by atoms with Crippen molar-refractivity contribution in [3.63, 3.8) is 0 Å². The van der Waals surface area contributed by atoms with Gasteiger partial charge in [0.05, 0.1) is 13.1 Å². The monoisotopic (exact) mass is 314 g/mol. The van der Waals surface area contributed by atoms with Gasteiger partial charge in [-0.1, -0.05) is 15.9 Å². The number of hydrogen-bond acceptors (Lipinski definition) is 5. The minimum Gasteiger partial charge on any atom is -0.271 e. The molecule has 0 aliphatic carbocycles. The average molecular weight is 315 g/mol. The number of rotatable bonds is 4. The van der Waals surface area contributed by atoms with Gasteiger partial charge in [-0.3, -0.25) is 11.3 Å². The second kappa shape index (κ2) is 5.51. The normalized spacial score (nSPS) is 12.7. The lowest BCUT2D eigenvalue weighted by Gasteiger charge is -2.15. The summed E-state index contributed by atoms with van der Waals surface area (Å²) in [5.74, 6) is 5.63. The van der Waals surface area contributed by atoms with Crippen LogP contribution >= 0.6 is 15.9 Å². The molecule has 18 heavy (non-hydrogen) atoms. The van der Waals surface area contributed by atoms with Crippen LogP contribution in [0.15, 0.2) is 22.7 Å². The van der Waals surface area contributed by atoms with Crippen LogP contribution in [0.5, 0.6) is 0 Å². The lowest BCUT2D eigenvalue weighted by molar-refractivity contribution is 0.500. The summed E-state index contributed by atoms with van der Waals surface area (Å²) in [6.45, 7) is 0. The van der Waals surface area contributed by atoms with Crippen LogP contribution in [0.4, 0.5) is 4.39 Å². The van der Waals surface area contributed by atoms with E-state index in [1.54, 1.807) is 19.2 Å². The number of hydrogen-bond donors (Lipinski definition) is 2. The summed E-state index contributed by atoms with van der Waals surface area (Å²) in [5.41, 5.74) is 3.02. The highest BCUT2D eigenvalue weighted by Crippen LogP contribution is 2.23. The van der Waals surface area contributed by atoms with E-state index in [9.17, 15) is 4.39 Å². The van der Waals surface area contributed by atoms with Crippen molar-refractivity contribution >= 4 is 15.9 Å². The fourth-order valence-corrected chi connectivity index (χ4v) is 2.01. The van der Waals surface area contributed by atoms with Crippen LogP contribution in [0.3, 0.4) is 0 Å². The third-order valence-electron chi connectivity index (χ3n) is 2.47. The number of nitrogens with one attached hydrogen (secondary N) is 1. The molecule has 1 aromatic heterocycles. The fraction of sp³-hybridized carbons (Fsp3) is 0.300. The van der Waals surface area contributed by atoms with Crippen molar-refractivity contribution in [3.8, 4) is 0 Å². The summed E-state index contributed by atoms with van der Waals surface area (Å²) in [4.78, 5) is 1.35. The number of halogens is 2. The van der Waals surface area contributed by atoms with Crippen LogP contribution in [-0.4, -0.2) is 20.2 Å². The molecule has 0 bridgehead atoms. The predicted octanol–water partition coefficient (Wildman–Crippen LogP) is 0.859. The van der Waals surface area contributed by atoms with E-state index in [2.05, 4.69) is 36.8 Å². The molecule has 0 aliphatic rings. The average Bonchev–Trinajstić information content (AvgIpc) is 2.75. The van der Waals surface area contributed by atoms with Gasteiger partial charge in [0.15, 0.2) is 5.82 Å². The smallest absolute Gasteiger partial charge is 0.176 e. The Hall–Kier alpha value is -1.38. The van der Waals surface area contributed by atoms with Crippen LogP contribution in [0.2, 0.25) is 0 Å². The van der Waals surface area contributed by atoms with Gasteiger partial charge in [-0.05, 0) is 23.4 Å². The molecule has 1 heterocycles. The van der Waals surface area contributed by atoms with Crippen molar-refractivity contribution in [3.05, 3.63) is 39.9 Å². The fourth-order valence-electron chi connectivity index (χ4n) is 1.63. The Morgan fingerprint density at radius 2 is 2.33 bits per heavy atom. The molecule has 0 saturated heterocycles. The minimum absolute atomic E-state index is 0.329. The van der Waals surface area contributed by atoms with Gasteiger partial charge >= 0.3 is 0 Å². The van der Waals surface area contributed by atoms with Crippen LogP contribution < -0.4 is 11.3 Å². The highest BCUT2D eigenvalue weighted by atomic mass is 79.9. The first-order valence-electron chi connectivity index (χ1n) is 5.24. The van der Waals surface area contributed by atoms with E-state index in [0.717, 1.165) is 4.47 Å². The summed E-state index contributed by atoms with van der Waals surface area (Å²) in [6, 6.07) is 4.28. The second-order valence-electron chi connectivity index (χ2n) is 3.78. The van der Waals surface area contributed by atoms with E-state index in [0.29, 0.717) is 17.8 Å². The predicted molar refractivity (Wildman–Crippen MR) is 66.7 cm³/mol. The number of benzene rings is 1. The first-order chi connectivity index (χ1) is 8.60. The molecular weight excluding hydrogens is 303 g/mol. The zero-order valence-electron chi connectivity index (χ0n) is 9.64. The molecule has 1 aromatic carbocycles. The summed E-state index contributed by atoms with van der Waals surface area (Å²) in [6.07, 6.45) is 0.359. The zero-order valence-corrected chi connectivity index (χ0v) is 11.2. The Bertz CT molecular complexity index is 543. The number of nitrogens with two attached hydrogens (primary N) is 1. The third kappa shape index (κ3) is 2.89. The van der Waals surface area contributed by atoms with E-state index >= 15 is 0 Å². The van der Waals surface area contributed by atoms with E-state index in [-0.39, 0.29) is 5.82 Å². The van der Waals surface area contributed by atoms with Gasteiger partial charge in [0.2, 0.25) is 0 Å². The van der Waals surface area contributed by atoms with Crippen molar-refractivity contribution in [2.24, 2.45) is 12.9 Å². The molecule has 1 unspecified atom stereocenters. The molecule has 2 rings (SSSR count). The summed E-state index contributed by atoms with van der Waals surface area (Å²) in [5, 5.41) is 11.6. The maximum Gasteiger partial charge on any atom is 0.176 e. The van der Waals surface area contributed by atoms with Gasteiger partial charge in [-0.2, -0.15) is 4.80 Å². The third-order valence-corrected chi connectivity index (χ3v) is 2.96. The molecule has 0 saturated carbocycles. The minimum atomic E-state index is -0.410. The SMILES string of the molecule is Cn1nnc(CC(NN)c2cc(Br)ccc2F)n1. The Balaban J connectivity index is 2.25. The molecule has 2 aromatic rings. The molecule has 3 N–H and O–H groups in total. The number of nitrogens with zero attached hydrogens (tertiary/aromatic N) is 4. The maximum absolute atomic E-state index is 13.7. The van der Waals surface area contributed by atoms with E-state index in [4.69, 9.17) is 5.84 Å². The van der Waals surface area contributed by atoms with Crippen molar-refractivity contribution in [1.29, 1.82) is 0 Å². The first kappa shape index (κ1) is 13.1. The van der Waals surface area contributed by atoms with Gasteiger partial charge < -0.3 is 0 Å². The highest BCUT2D eigenvalue weighted by Gasteiger charge is 2.17. The first-order valence-corrected chi connectivity index (χ1v) is 6.03. The van der Waals surface area contributed by atoms with Gasteiger partial charge in [-0.15, -0.1) is 10.2 Å². The zero-order chi connectivity index (χ0) is 13.1. The summed E-state index contributed by atoms with van der Waals surface area (Å²) >= 11 is 3.30. The molecule has 1 atom stereocenters. The molecular formula is C10H12BrFN6. The molecule has 96 valence electrons. The number of tetrazole rings is 1. The standard InChI is InChI=1S/C10H12BrFN6/c1-18-16-10(15-17-18)5-9(14-13)7-4-6(11)2-3-8(7)12/h2-4,9,14H,5,13H2,1H3. The van der Waals surface area contributed by atoms with Crippen molar-refractivity contribution in [1.82, 2.24) is 25.6 Å². The van der Waals surface area contributed by atoms with Gasteiger partial charge in [0, 0.05) is 16.5 Å². The van der Waals surface area contributed by atoms with Crippen LogP contribution in [0.1, 0.15) is 17.4 Å². The Morgan fingerprint density at radius 3 is 2.94 bits per heavy atom. The number of aromatic nitrogens is 4. The summed E-state index contributed by atoms with van der Waals surface area (Å²) in [7, 11) is 1.67. The lowest BCUT2D eigenvalue weighted by Crippen LogP contribution is -2.30. The van der Waals surface area contributed by atoms with Crippen molar-refractivity contribution < 1.29 is 4.39 Å². The van der Waals surface area contributed by atoms with Gasteiger partial charge in [0.25, 0.3) is 0 Å². The van der Waals surface area contributed by atoms with Crippen LogP contribution in [-0.2, 0) is 13.5 Å². The number of aryl methyl sites for hydroxylation is 1. The van der Waals surface area contributed by atoms with Gasteiger partial charge in [-0.25, -0.2) is 4.39 Å². The molecule has 6 nitrogen and oxygen atoms in total. The molecule has 0 radical (unpaired) electrons. The van der Waals surface area contributed by atoms with Crippen LogP contribution in [0, 0.1) is 5.82 Å². The Morgan fingerprint density at radius 1 is 1.56 bits per heavy atom. The largest absolute Gasteiger partial charge is 0.271 e. The van der Waals surface area contributed by atoms with E-state index in [1.165, 1.54) is 10.9 Å². The highest BCUT2D eigenvalue weighted by molar-refractivity contribution is 9.10. The van der Waals surface area contributed by atoms with E-state index in [1.807, 2.05) is 0 Å². The molecule has 8 heteroatoms. The van der Waals surface area contributed by atoms with Crippen molar-refractivity contribution in [2.45, 2.75) is 12.5 Å². The summed E-state index contributed by atoms with van der Waals surface area (Å²) < 4.78 is 14.5. The second-order valence-corrected chi connectivity index (χ2v) is 4.70. The molecule has 0 aliphatic heterocycles. The lowest BCUT2D eigenvalue weighted by atomic mass is 10.0. The molecule has 0 fully saturated rings. The Labute approximate surface area is 111 Å². The topological polar surface area (TPSA) is 81.7 Å². The quantitative estimate of drug-likeness (QED) is 0.646. The van der Waals surface area contributed by atoms with Crippen molar-refractivity contribution in [2.75, 3.05) is 0 Å². The Kier molecular flexibility index (Phi) is 4.00. The van der Waals surface area contributed by atoms with Gasteiger partial charge in [0.1, 0.15) is 5.82 Å². The molecule has 0 amide bonds. The maximum atomic E-state index is 13.7.